The van der Waals surface area contributed by atoms with Crippen LogP contribution in [0.1, 0.15) is 24.5 Å². The van der Waals surface area contributed by atoms with Crippen LogP contribution >= 0.6 is 0 Å². The van der Waals surface area contributed by atoms with Gasteiger partial charge in [-0.3, -0.25) is 19.8 Å². The Labute approximate surface area is 138 Å². The van der Waals surface area contributed by atoms with Crippen molar-refractivity contribution in [2.24, 2.45) is 0 Å². The molecular formula is C16H17N3O5. The first-order chi connectivity index (χ1) is 11.5. The number of urea groups is 1. The molecular weight excluding hydrogens is 314 g/mol. The van der Waals surface area contributed by atoms with E-state index >= 15 is 0 Å². The van der Waals surface area contributed by atoms with Gasteiger partial charge in [0.2, 0.25) is 5.91 Å². The van der Waals surface area contributed by atoms with E-state index in [1.165, 1.54) is 0 Å². The van der Waals surface area contributed by atoms with Crippen LogP contribution in [0.2, 0.25) is 0 Å². The van der Waals surface area contributed by atoms with Crippen molar-refractivity contribution in [3.05, 3.63) is 35.4 Å². The Morgan fingerprint density at radius 3 is 2.83 bits per heavy atom. The molecule has 2 aliphatic rings. The first-order valence-corrected chi connectivity index (χ1v) is 7.67. The fourth-order valence-electron chi connectivity index (χ4n) is 3.20. The van der Waals surface area contributed by atoms with Crippen LogP contribution in [0.3, 0.4) is 0 Å². The minimum Gasteiger partial charge on any atom is -0.450 e. The number of aryl methyl sites for hydroxylation is 1. The topological polar surface area (TPSA) is 105 Å². The molecule has 8 heteroatoms. The molecule has 8 nitrogen and oxygen atoms in total. The number of alkyl carbamates (subject to hydrolysis) is 1. The van der Waals surface area contributed by atoms with Crippen molar-refractivity contribution in [2.45, 2.75) is 25.3 Å². The van der Waals surface area contributed by atoms with E-state index < -0.39 is 36.0 Å². The monoisotopic (exact) mass is 331 g/mol. The molecule has 0 radical (unpaired) electrons. The number of carbonyl (C=O) groups is 4. The zero-order valence-electron chi connectivity index (χ0n) is 13.1. The van der Waals surface area contributed by atoms with Crippen molar-refractivity contribution in [3.8, 4) is 0 Å². The Morgan fingerprint density at radius 2 is 2.08 bits per heavy atom. The number of hydrogen-bond donors (Lipinski definition) is 2. The minimum atomic E-state index is -1.11. The van der Waals surface area contributed by atoms with Crippen molar-refractivity contribution >= 4 is 23.9 Å². The number of nitrogens with one attached hydrogen (secondary N) is 2. The van der Waals surface area contributed by atoms with Crippen LogP contribution in [0.4, 0.5) is 9.59 Å². The minimum absolute atomic E-state index is 0.113. The number of carbonyl (C=O) groups excluding carboxylic acids is 4. The number of amides is 5. The van der Waals surface area contributed by atoms with E-state index in [0.29, 0.717) is 12.8 Å². The summed E-state index contributed by atoms with van der Waals surface area (Å²) in [4.78, 5) is 48.9. The van der Waals surface area contributed by atoms with E-state index in [1.807, 2.05) is 29.6 Å². The van der Waals surface area contributed by atoms with Gasteiger partial charge in [-0.2, -0.15) is 0 Å². The van der Waals surface area contributed by atoms with Crippen molar-refractivity contribution in [2.75, 3.05) is 13.2 Å². The summed E-state index contributed by atoms with van der Waals surface area (Å²) in [5.41, 5.74) is 0.651. The second kappa shape index (κ2) is 5.95. The fourth-order valence-corrected chi connectivity index (χ4v) is 3.20. The molecule has 3 rings (SSSR count). The third-order valence-corrected chi connectivity index (χ3v) is 4.24. The largest absolute Gasteiger partial charge is 0.450 e. The molecule has 2 N–H and O–H groups in total. The number of nitrogens with zero attached hydrogens (tertiary/aromatic N) is 1. The Balaban J connectivity index is 1.76. The van der Waals surface area contributed by atoms with Gasteiger partial charge in [-0.05, 0) is 30.9 Å². The van der Waals surface area contributed by atoms with Crippen molar-refractivity contribution < 1.29 is 23.9 Å². The third kappa shape index (κ3) is 2.49. The normalized spacial score (nSPS) is 21.6. The summed E-state index contributed by atoms with van der Waals surface area (Å²) in [6.45, 7) is 1.18. The highest BCUT2D eigenvalue weighted by Crippen LogP contribution is 2.41. The highest BCUT2D eigenvalue weighted by atomic mass is 16.5. The quantitative estimate of drug-likeness (QED) is 0.792. The Morgan fingerprint density at radius 1 is 1.33 bits per heavy atom. The summed E-state index contributed by atoms with van der Waals surface area (Å²) >= 11 is 0. The lowest BCUT2D eigenvalue weighted by Crippen LogP contribution is -2.44. The highest BCUT2D eigenvalue weighted by Gasteiger charge is 2.55. The van der Waals surface area contributed by atoms with Gasteiger partial charge in [0.15, 0.2) is 0 Å². The SMILES string of the molecule is CCOC(=O)NC(=O)CN1C(=O)N[C@]2(CCc3ccccc32)C1=O. The van der Waals surface area contributed by atoms with Gasteiger partial charge < -0.3 is 10.1 Å². The molecule has 1 fully saturated rings. The van der Waals surface area contributed by atoms with Crippen LogP contribution in [0.5, 0.6) is 0 Å². The zero-order chi connectivity index (χ0) is 17.3. The molecule has 1 aliphatic heterocycles. The number of ether oxygens (including phenoxy) is 1. The molecule has 1 heterocycles. The van der Waals surface area contributed by atoms with Crippen LogP contribution in [0.15, 0.2) is 24.3 Å². The summed E-state index contributed by atoms with van der Waals surface area (Å²) in [5.74, 6) is -1.25. The number of benzene rings is 1. The molecule has 126 valence electrons. The van der Waals surface area contributed by atoms with Gasteiger partial charge in [0, 0.05) is 0 Å². The zero-order valence-corrected chi connectivity index (χ0v) is 13.1. The van der Waals surface area contributed by atoms with E-state index in [0.717, 1.165) is 16.0 Å². The van der Waals surface area contributed by atoms with Crippen molar-refractivity contribution in [3.63, 3.8) is 0 Å². The number of rotatable bonds is 3. The van der Waals surface area contributed by atoms with Crippen molar-refractivity contribution in [1.82, 2.24) is 15.5 Å². The molecule has 1 atom stereocenters. The van der Waals surface area contributed by atoms with Crippen LogP contribution in [0.25, 0.3) is 0 Å². The number of hydrogen-bond acceptors (Lipinski definition) is 5. The maximum absolute atomic E-state index is 12.8. The van der Waals surface area contributed by atoms with Crippen LogP contribution < -0.4 is 10.6 Å². The summed E-state index contributed by atoms with van der Waals surface area (Å²) in [7, 11) is 0. The van der Waals surface area contributed by atoms with E-state index in [4.69, 9.17) is 0 Å². The van der Waals surface area contributed by atoms with Gasteiger partial charge in [-0.25, -0.2) is 9.59 Å². The van der Waals surface area contributed by atoms with Gasteiger partial charge in [0.05, 0.1) is 6.61 Å². The Hall–Kier alpha value is -2.90. The first-order valence-electron chi connectivity index (χ1n) is 7.67. The summed E-state index contributed by atoms with van der Waals surface area (Å²) in [5, 5.41) is 4.68. The maximum atomic E-state index is 12.8. The van der Waals surface area contributed by atoms with Crippen LogP contribution in [-0.2, 0) is 26.3 Å². The van der Waals surface area contributed by atoms with Gasteiger partial charge >= 0.3 is 12.1 Å². The number of fused-ring (bicyclic) bond motifs is 2. The third-order valence-electron chi connectivity index (χ3n) is 4.24. The second-order valence-corrected chi connectivity index (χ2v) is 5.65. The summed E-state index contributed by atoms with van der Waals surface area (Å²) < 4.78 is 4.60. The molecule has 1 aliphatic carbocycles. The van der Waals surface area contributed by atoms with E-state index in [9.17, 15) is 19.2 Å². The lowest BCUT2D eigenvalue weighted by Gasteiger charge is -2.22. The van der Waals surface area contributed by atoms with Crippen molar-refractivity contribution in [1.29, 1.82) is 0 Å². The molecule has 0 unspecified atom stereocenters. The first kappa shape index (κ1) is 16.0. The summed E-state index contributed by atoms with van der Waals surface area (Å²) in [6, 6.07) is 6.77. The molecule has 1 saturated heterocycles. The van der Waals surface area contributed by atoms with E-state index in [1.54, 1.807) is 6.92 Å². The Bertz CT molecular complexity index is 732. The van der Waals surface area contributed by atoms with Gasteiger partial charge in [-0.15, -0.1) is 0 Å². The average Bonchev–Trinajstić information content (AvgIpc) is 3.02. The van der Waals surface area contributed by atoms with Crippen LogP contribution in [-0.4, -0.2) is 42.0 Å². The molecule has 24 heavy (non-hydrogen) atoms. The molecule has 1 aromatic rings. The lowest BCUT2D eigenvalue weighted by molar-refractivity contribution is -0.135. The predicted molar refractivity (Wildman–Crippen MR) is 81.9 cm³/mol. The Kier molecular flexibility index (Phi) is 3.96. The van der Waals surface area contributed by atoms with E-state index in [-0.39, 0.29) is 6.61 Å². The molecule has 5 amide bonds. The van der Waals surface area contributed by atoms with Crippen LogP contribution in [0, 0.1) is 0 Å². The smallest absolute Gasteiger partial charge is 0.413 e. The predicted octanol–water partition coefficient (Wildman–Crippen LogP) is 0.653. The highest BCUT2D eigenvalue weighted by molar-refractivity contribution is 6.10. The van der Waals surface area contributed by atoms with Gasteiger partial charge in [-0.1, -0.05) is 24.3 Å². The lowest BCUT2D eigenvalue weighted by atomic mass is 9.92. The fraction of sp³-hybridized carbons (Fsp3) is 0.375. The van der Waals surface area contributed by atoms with E-state index in [2.05, 4.69) is 10.1 Å². The van der Waals surface area contributed by atoms with Gasteiger partial charge in [0.25, 0.3) is 5.91 Å². The second-order valence-electron chi connectivity index (χ2n) is 5.65. The van der Waals surface area contributed by atoms with Gasteiger partial charge in [0.1, 0.15) is 12.1 Å². The number of imide groups is 2. The standard InChI is InChI=1S/C16H17N3O5/c1-2-24-15(23)17-12(20)9-19-13(21)16(18-14(19)22)8-7-10-5-3-4-6-11(10)16/h3-6H,2,7-9H2,1H3,(H,18,22)(H,17,20,23)/t16-/m0/s1. The molecule has 0 aromatic heterocycles. The average molecular weight is 331 g/mol. The summed E-state index contributed by atoms with van der Waals surface area (Å²) in [6.07, 6.45) is 0.216. The molecule has 0 bridgehead atoms. The molecule has 1 aromatic carbocycles. The maximum Gasteiger partial charge on any atom is 0.413 e. The molecule has 1 spiro atoms. The molecule has 0 saturated carbocycles.